The minimum Gasteiger partial charge on any atom is -0.396 e. The summed E-state index contributed by atoms with van der Waals surface area (Å²) < 4.78 is 0. The molecule has 0 bridgehead atoms. The van der Waals surface area contributed by atoms with Crippen molar-refractivity contribution < 1.29 is 9.90 Å². The first kappa shape index (κ1) is 10.7. The molecule has 0 radical (unpaired) electrons. The van der Waals surface area contributed by atoms with Crippen molar-refractivity contribution in [3.8, 4) is 0 Å². The van der Waals surface area contributed by atoms with Gasteiger partial charge in [0.15, 0.2) is 0 Å². The second-order valence-electron chi connectivity index (χ2n) is 3.76. The van der Waals surface area contributed by atoms with Gasteiger partial charge >= 0.3 is 0 Å². The number of carbonyl (C=O) groups is 1. The smallest absolute Gasteiger partial charge is 0.225 e. The summed E-state index contributed by atoms with van der Waals surface area (Å²) >= 11 is 0. The highest BCUT2D eigenvalue weighted by atomic mass is 16.3. The lowest BCUT2D eigenvalue weighted by atomic mass is 9.95. The summed E-state index contributed by atoms with van der Waals surface area (Å²) in [4.78, 5) is 14.4. The van der Waals surface area contributed by atoms with Crippen LogP contribution >= 0.6 is 0 Å². The maximum atomic E-state index is 11.3. The Balaban J connectivity index is 2.48. The minimum absolute atomic E-state index is 0.0485. The van der Waals surface area contributed by atoms with Crippen LogP contribution in [0.4, 0.5) is 0 Å². The third-order valence-electron chi connectivity index (χ3n) is 2.76. The van der Waals surface area contributed by atoms with E-state index in [0.717, 1.165) is 16.5 Å². The van der Waals surface area contributed by atoms with E-state index in [9.17, 15) is 4.79 Å². The number of benzene rings is 1. The Morgan fingerprint density at radius 1 is 1.44 bits per heavy atom. The van der Waals surface area contributed by atoms with Crippen LogP contribution in [0.15, 0.2) is 30.5 Å². The summed E-state index contributed by atoms with van der Waals surface area (Å²) in [6.45, 7) is -0.0485. The molecule has 0 aliphatic rings. The van der Waals surface area contributed by atoms with Crippen molar-refractivity contribution in [3.05, 3.63) is 36.0 Å². The van der Waals surface area contributed by atoms with E-state index < -0.39 is 11.8 Å². The first-order valence-corrected chi connectivity index (χ1v) is 5.20. The van der Waals surface area contributed by atoms with Gasteiger partial charge in [0.25, 0.3) is 0 Å². The summed E-state index contributed by atoms with van der Waals surface area (Å²) in [6, 6.07) is 7.72. The van der Waals surface area contributed by atoms with E-state index in [1.807, 2.05) is 24.3 Å². The van der Waals surface area contributed by atoms with Crippen molar-refractivity contribution in [2.75, 3.05) is 6.61 Å². The molecule has 0 fully saturated rings. The molecule has 1 heterocycles. The zero-order valence-corrected chi connectivity index (χ0v) is 8.81. The number of fused-ring (bicyclic) bond motifs is 1. The maximum absolute atomic E-state index is 11.3. The Hall–Kier alpha value is -1.81. The molecule has 84 valence electrons. The largest absolute Gasteiger partial charge is 0.396 e. The van der Waals surface area contributed by atoms with E-state index in [2.05, 4.69) is 4.98 Å². The van der Waals surface area contributed by atoms with Gasteiger partial charge in [-0.1, -0.05) is 18.2 Å². The number of aliphatic hydroxyl groups excluding tert-OH is 1. The molecule has 4 heteroatoms. The highest BCUT2D eigenvalue weighted by Gasteiger charge is 2.20. The van der Waals surface area contributed by atoms with E-state index >= 15 is 0 Å². The predicted molar refractivity (Wildman–Crippen MR) is 61.9 cm³/mol. The van der Waals surface area contributed by atoms with Crippen LogP contribution in [0.1, 0.15) is 17.9 Å². The molecule has 2 aromatic rings. The van der Waals surface area contributed by atoms with Crippen molar-refractivity contribution in [1.82, 2.24) is 4.98 Å². The number of para-hydroxylation sites is 1. The molecule has 0 saturated heterocycles. The monoisotopic (exact) mass is 218 g/mol. The molecule has 1 amide bonds. The molecular weight excluding hydrogens is 204 g/mol. The van der Waals surface area contributed by atoms with Crippen molar-refractivity contribution in [1.29, 1.82) is 0 Å². The van der Waals surface area contributed by atoms with Gasteiger partial charge in [0.1, 0.15) is 0 Å². The van der Waals surface area contributed by atoms with Gasteiger partial charge in [0.05, 0.1) is 5.92 Å². The van der Waals surface area contributed by atoms with E-state index in [1.54, 1.807) is 6.20 Å². The van der Waals surface area contributed by atoms with Crippen molar-refractivity contribution in [3.63, 3.8) is 0 Å². The van der Waals surface area contributed by atoms with Gasteiger partial charge in [-0.05, 0) is 18.1 Å². The Bertz CT molecular complexity index is 504. The molecule has 1 aromatic carbocycles. The fraction of sp³-hybridized carbons (Fsp3) is 0.250. The fourth-order valence-electron chi connectivity index (χ4n) is 1.96. The maximum Gasteiger partial charge on any atom is 0.225 e. The number of aliphatic hydroxyl groups is 1. The second-order valence-corrected chi connectivity index (χ2v) is 3.76. The van der Waals surface area contributed by atoms with Gasteiger partial charge in [-0.2, -0.15) is 0 Å². The Morgan fingerprint density at radius 2 is 2.19 bits per heavy atom. The number of aromatic amines is 1. The molecule has 0 spiro atoms. The number of nitrogens with one attached hydrogen (secondary N) is 1. The predicted octanol–water partition coefficient (Wildman–Crippen LogP) is 1.12. The van der Waals surface area contributed by atoms with Gasteiger partial charge in [-0.25, -0.2) is 0 Å². The summed E-state index contributed by atoms with van der Waals surface area (Å²) in [7, 11) is 0. The number of rotatable bonds is 4. The topological polar surface area (TPSA) is 79.1 Å². The minimum atomic E-state index is -0.429. The Labute approximate surface area is 93.1 Å². The summed E-state index contributed by atoms with van der Waals surface area (Å²) in [5.74, 6) is -0.833. The number of carbonyl (C=O) groups excluding carboxylic acids is 1. The van der Waals surface area contributed by atoms with Crippen LogP contribution in [0.5, 0.6) is 0 Å². The first-order chi connectivity index (χ1) is 7.74. The van der Waals surface area contributed by atoms with Crippen LogP contribution in [-0.2, 0) is 4.79 Å². The lowest BCUT2D eigenvalue weighted by Crippen LogP contribution is -2.22. The third-order valence-corrected chi connectivity index (χ3v) is 2.76. The van der Waals surface area contributed by atoms with E-state index in [4.69, 9.17) is 10.8 Å². The van der Waals surface area contributed by atoms with Crippen molar-refractivity contribution in [2.24, 2.45) is 5.73 Å². The van der Waals surface area contributed by atoms with Gasteiger partial charge in [0.2, 0.25) is 5.91 Å². The first-order valence-electron chi connectivity index (χ1n) is 5.20. The average Bonchev–Trinajstić information content (AvgIpc) is 2.69. The average molecular weight is 218 g/mol. The highest BCUT2D eigenvalue weighted by molar-refractivity contribution is 5.91. The molecule has 4 nitrogen and oxygen atoms in total. The van der Waals surface area contributed by atoms with Gasteiger partial charge in [0, 0.05) is 23.7 Å². The van der Waals surface area contributed by atoms with Crippen molar-refractivity contribution in [2.45, 2.75) is 12.3 Å². The summed E-state index contributed by atoms with van der Waals surface area (Å²) in [5.41, 5.74) is 7.17. The lowest BCUT2D eigenvalue weighted by molar-refractivity contribution is -0.119. The number of nitrogens with two attached hydrogens (primary N) is 1. The number of amides is 1. The highest BCUT2D eigenvalue weighted by Crippen LogP contribution is 2.27. The molecule has 0 unspecified atom stereocenters. The molecule has 4 N–H and O–H groups in total. The zero-order chi connectivity index (χ0) is 11.5. The van der Waals surface area contributed by atoms with Crippen LogP contribution in [0.2, 0.25) is 0 Å². The number of hydrogen-bond donors (Lipinski definition) is 3. The molecule has 0 aliphatic carbocycles. The van der Waals surface area contributed by atoms with Gasteiger partial charge in [-0.15, -0.1) is 0 Å². The summed E-state index contributed by atoms with van der Waals surface area (Å²) in [5, 5.41) is 9.92. The van der Waals surface area contributed by atoms with Crippen molar-refractivity contribution >= 4 is 16.8 Å². The number of aromatic nitrogens is 1. The number of H-pyrrole nitrogens is 1. The van der Waals surface area contributed by atoms with Gasteiger partial charge < -0.3 is 15.8 Å². The molecule has 16 heavy (non-hydrogen) atoms. The SMILES string of the molecule is NC(=O)[C@H](CCO)c1c[nH]c2ccccc12. The Morgan fingerprint density at radius 3 is 2.88 bits per heavy atom. The quantitative estimate of drug-likeness (QED) is 0.719. The van der Waals surface area contributed by atoms with Gasteiger partial charge in [-0.3, -0.25) is 4.79 Å². The number of primary amides is 1. The molecular formula is C12H14N2O2. The van der Waals surface area contributed by atoms with Crippen LogP contribution in [0.25, 0.3) is 10.9 Å². The molecule has 1 atom stereocenters. The van der Waals surface area contributed by atoms with E-state index in [-0.39, 0.29) is 6.61 Å². The molecule has 2 rings (SSSR count). The van der Waals surface area contributed by atoms with E-state index in [0.29, 0.717) is 6.42 Å². The second kappa shape index (κ2) is 4.37. The standard InChI is InChI=1S/C12H14N2O2/c13-12(16)9(5-6-15)10-7-14-11-4-2-1-3-8(10)11/h1-4,7,9,14-15H,5-6H2,(H2,13,16)/t9-/m1/s1. The molecule has 0 saturated carbocycles. The number of hydrogen-bond acceptors (Lipinski definition) is 2. The van der Waals surface area contributed by atoms with E-state index in [1.165, 1.54) is 0 Å². The molecule has 0 aliphatic heterocycles. The molecule has 1 aromatic heterocycles. The normalized spacial score (nSPS) is 12.8. The van der Waals surface area contributed by atoms with Crippen LogP contribution in [-0.4, -0.2) is 22.6 Å². The van der Waals surface area contributed by atoms with Crippen LogP contribution < -0.4 is 5.73 Å². The Kier molecular flexibility index (Phi) is 2.92. The zero-order valence-electron chi connectivity index (χ0n) is 8.81. The summed E-state index contributed by atoms with van der Waals surface area (Å²) in [6.07, 6.45) is 2.15. The van der Waals surface area contributed by atoms with Crippen LogP contribution in [0, 0.1) is 0 Å². The van der Waals surface area contributed by atoms with Crippen LogP contribution in [0.3, 0.4) is 0 Å². The lowest BCUT2D eigenvalue weighted by Gasteiger charge is -2.10. The third kappa shape index (κ3) is 1.79. The fourth-order valence-corrected chi connectivity index (χ4v) is 1.96.